The molecule has 1 rings (SSSR count). The SMILES string of the molecule is CCCCN(C)C(=O)CCN(c1ccccc1C(F)(F)F)S(C)(=O)=O. The Morgan fingerprint density at radius 1 is 1.16 bits per heavy atom. The van der Waals surface area contributed by atoms with Gasteiger partial charge in [0, 0.05) is 26.6 Å². The summed E-state index contributed by atoms with van der Waals surface area (Å²) in [4.78, 5) is 13.5. The molecule has 0 radical (unpaired) electrons. The van der Waals surface area contributed by atoms with E-state index in [0.29, 0.717) is 10.8 Å². The van der Waals surface area contributed by atoms with Crippen molar-refractivity contribution < 1.29 is 26.4 Å². The fourth-order valence-electron chi connectivity index (χ4n) is 2.30. The third-order valence-corrected chi connectivity index (χ3v) is 4.86. The van der Waals surface area contributed by atoms with Gasteiger partial charge < -0.3 is 4.90 Å². The number of hydrogen-bond acceptors (Lipinski definition) is 3. The van der Waals surface area contributed by atoms with Gasteiger partial charge in [0.15, 0.2) is 0 Å². The highest BCUT2D eigenvalue weighted by Gasteiger charge is 2.36. The van der Waals surface area contributed by atoms with Gasteiger partial charge in [-0.3, -0.25) is 9.10 Å². The summed E-state index contributed by atoms with van der Waals surface area (Å²) in [5.74, 6) is -0.313. The Bertz CT molecular complexity index is 690. The van der Waals surface area contributed by atoms with E-state index in [1.807, 2.05) is 6.92 Å². The Morgan fingerprint density at radius 2 is 1.76 bits per heavy atom. The average molecular weight is 380 g/mol. The van der Waals surface area contributed by atoms with Crippen molar-refractivity contribution in [3.05, 3.63) is 29.8 Å². The van der Waals surface area contributed by atoms with Gasteiger partial charge in [0.05, 0.1) is 17.5 Å². The number of sulfonamides is 1. The van der Waals surface area contributed by atoms with Crippen LogP contribution in [0.5, 0.6) is 0 Å². The molecule has 0 aliphatic carbocycles. The summed E-state index contributed by atoms with van der Waals surface area (Å²) in [7, 11) is -2.39. The van der Waals surface area contributed by atoms with Gasteiger partial charge in [-0.05, 0) is 18.6 Å². The molecule has 5 nitrogen and oxygen atoms in total. The second-order valence-corrected chi connectivity index (χ2v) is 7.68. The van der Waals surface area contributed by atoms with Crippen LogP contribution in [0.2, 0.25) is 0 Å². The van der Waals surface area contributed by atoms with Crippen LogP contribution in [-0.2, 0) is 21.0 Å². The van der Waals surface area contributed by atoms with E-state index in [4.69, 9.17) is 0 Å². The number of nitrogens with zero attached hydrogens (tertiary/aromatic N) is 2. The zero-order chi connectivity index (χ0) is 19.3. The molecular weight excluding hydrogens is 357 g/mol. The third-order valence-electron chi connectivity index (χ3n) is 3.68. The van der Waals surface area contributed by atoms with Gasteiger partial charge in [0.1, 0.15) is 0 Å². The largest absolute Gasteiger partial charge is 0.418 e. The minimum Gasteiger partial charge on any atom is -0.346 e. The number of unbranched alkanes of at least 4 members (excludes halogenated alkanes) is 1. The van der Waals surface area contributed by atoms with Crippen LogP contribution in [-0.4, -0.2) is 45.6 Å². The summed E-state index contributed by atoms with van der Waals surface area (Å²) in [5, 5.41) is 0. The summed E-state index contributed by atoms with van der Waals surface area (Å²) >= 11 is 0. The molecule has 0 N–H and O–H groups in total. The van der Waals surface area contributed by atoms with Crippen LogP contribution >= 0.6 is 0 Å². The standard InChI is InChI=1S/C16H23F3N2O3S/c1-4-5-11-20(2)15(22)10-12-21(25(3,23)24)14-9-7-6-8-13(14)16(17,18)19/h6-9H,4-5,10-12H2,1-3H3. The quantitative estimate of drug-likeness (QED) is 0.696. The number of halogens is 3. The number of alkyl halides is 3. The summed E-state index contributed by atoms with van der Waals surface area (Å²) in [5.41, 5.74) is -1.52. The highest BCUT2D eigenvalue weighted by atomic mass is 32.2. The molecule has 0 spiro atoms. The van der Waals surface area contributed by atoms with Gasteiger partial charge in [-0.2, -0.15) is 13.2 Å². The van der Waals surface area contributed by atoms with Gasteiger partial charge in [-0.1, -0.05) is 25.5 Å². The monoisotopic (exact) mass is 380 g/mol. The van der Waals surface area contributed by atoms with Crippen molar-refractivity contribution in [2.24, 2.45) is 0 Å². The van der Waals surface area contributed by atoms with E-state index in [1.165, 1.54) is 17.0 Å². The van der Waals surface area contributed by atoms with Crippen molar-refractivity contribution in [2.45, 2.75) is 32.4 Å². The molecule has 1 aromatic rings. The molecule has 0 heterocycles. The maximum absolute atomic E-state index is 13.2. The predicted octanol–water partition coefficient (Wildman–Crippen LogP) is 3.12. The minimum absolute atomic E-state index is 0.195. The lowest BCUT2D eigenvalue weighted by molar-refractivity contribution is -0.137. The Kier molecular flexibility index (Phi) is 7.28. The number of hydrogen-bond donors (Lipinski definition) is 0. The number of amides is 1. The Balaban J connectivity index is 3.04. The summed E-state index contributed by atoms with van der Waals surface area (Å²) in [6.45, 7) is 2.15. The van der Waals surface area contributed by atoms with Crippen molar-refractivity contribution >= 4 is 21.6 Å². The molecule has 9 heteroatoms. The first kappa shape index (κ1) is 21.3. The van der Waals surface area contributed by atoms with Crippen molar-refractivity contribution in [1.29, 1.82) is 0 Å². The number of anilines is 1. The molecule has 0 atom stereocenters. The summed E-state index contributed by atoms with van der Waals surface area (Å²) < 4.78 is 64.1. The molecule has 0 saturated carbocycles. The van der Waals surface area contributed by atoms with Crippen LogP contribution in [0.4, 0.5) is 18.9 Å². The number of benzene rings is 1. The molecule has 0 aliphatic heterocycles. The fourth-order valence-corrected chi connectivity index (χ4v) is 3.24. The zero-order valence-corrected chi connectivity index (χ0v) is 15.3. The molecule has 0 aliphatic rings. The first-order valence-corrected chi connectivity index (χ1v) is 9.71. The number of para-hydroxylation sites is 1. The first-order chi connectivity index (χ1) is 11.5. The van der Waals surface area contributed by atoms with E-state index in [-0.39, 0.29) is 18.9 Å². The molecule has 0 aromatic heterocycles. The zero-order valence-electron chi connectivity index (χ0n) is 14.5. The van der Waals surface area contributed by atoms with E-state index in [0.717, 1.165) is 31.2 Å². The van der Waals surface area contributed by atoms with Gasteiger partial charge in [0.2, 0.25) is 15.9 Å². The smallest absolute Gasteiger partial charge is 0.346 e. The highest BCUT2D eigenvalue weighted by Crippen LogP contribution is 2.37. The van der Waals surface area contributed by atoms with Gasteiger partial charge in [-0.15, -0.1) is 0 Å². The maximum Gasteiger partial charge on any atom is 0.418 e. The van der Waals surface area contributed by atoms with Crippen LogP contribution in [0.15, 0.2) is 24.3 Å². The molecule has 0 bridgehead atoms. The van der Waals surface area contributed by atoms with E-state index in [1.54, 1.807) is 7.05 Å². The lowest BCUT2D eigenvalue weighted by Crippen LogP contribution is -2.36. The first-order valence-electron chi connectivity index (χ1n) is 7.86. The molecule has 0 saturated heterocycles. The molecule has 0 unspecified atom stereocenters. The topological polar surface area (TPSA) is 57.7 Å². The van der Waals surface area contributed by atoms with Crippen molar-refractivity contribution in [2.75, 3.05) is 30.7 Å². The minimum atomic E-state index is -4.69. The maximum atomic E-state index is 13.2. The van der Waals surface area contributed by atoms with Crippen LogP contribution in [0.3, 0.4) is 0 Å². The van der Waals surface area contributed by atoms with Crippen LogP contribution < -0.4 is 4.31 Å². The molecular formula is C16H23F3N2O3S. The predicted molar refractivity (Wildman–Crippen MR) is 90.8 cm³/mol. The fraction of sp³-hybridized carbons (Fsp3) is 0.562. The average Bonchev–Trinajstić information content (AvgIpc) is 2.50. The van der Waals surface area contributed by atoms with E-state index in [9.17, 15) is 26.4 Å². The molecule has 1 aromatic carbocycles. The number of rotatable bonds is 8. The number of carbonyl (C=O) groups excluding carboxylic acids is 1. The van der Waals surface area contributed by atoms with Crippen LogP contribution in [0.25, 0.3) is 0 Å². The Hall–Kier alpha value is -1.77. The van der Waals surface area contributed by atoms with Crippen LogP contribution in [0, 0.1) is 0 Å². The van der Waals surface area contributed by atoms with Gasteiger partial charge in [-0.25, -0.2) is 8.42 Å². The summed E-state index contributed by atoms with van der Waals surface area (Å²) in [6.07, 6.45) is -2.37. The van der Waals surface area contributed by atoms with Gasteiger partial charge >= 0.3 is 6.18 Å². The Labute approximate surface area is 146 Å². The second kappa shape index (κ2) is 8.55. The number of carbonyl (C=O) groups is 1. The van der Waals surface area contributed by atoms with Crippen molar-refractivity contribution in [3.8, 4) is 0 Å². The van der Waals surface area contributed by atoms with E-state index < -0.39 is 27.5 Å². The van der Waals surface area contributed by atoms with Crippen LogP contribution in [0.1, 0.15) is 31.7 Å². The molecule has 1 amide bonds. The summed E-state index contributed by atoms with van der Waals surface area (Å²) in [6, 6.07) is 4.44. The molecule has 0 fully saturated rings. The van der Waals surface area contributed by atoms with Crippen molar-refractivity contribution in [3.63, 3.8) is 0 Å². The van der Waals surface area contributed by atoms with Crippen molar-refractivity contribution in [1.82, 2.24) is 4.90 Å². The van der Waals surface area contributed by atoms with Gasteiger partial charge in [0.25, 0.3) is 0 Å². The molecule has 142 valence electrons. The third kappa shape index (κ3) is 6.22. The lowest BCUT2D eigenvalue weighted by atomic mass is 10.1. The van der Waals surface area contributed by atoms with E-state index >= 15 is 0 Å². The highest BCUT2D eigenvalue weighted by molar-refractivity contribution is 7.92. The second-order valence-electron chi connectivity index (χ2n) is 5.77. The lowest BCUT2D eigenvalue weighted by Gasteiger charge is -2.26. The van der Waals surface area contributed by atoms with E-state index in [2.05, 4.69) is 0 Å². The Morgan fingerprint density at radius 3 is 2.28 bits per heavy atom. The normalized spacial score (nSPS) is 12.1. The molecule has 25 heavy (non-hydrogen) atoms.